The molecule has 5 heteroatoms. The Balaban J connectivity index is 1.56. The van der Waals surface area contributed by atoms with Crippen molar-refractivity contribution in [3.8, 4) is 0 Å². The summed E-state index contributed by atoms with van der Waals surface area (Å²) < 4.78 is 0. The van der Waals surface area contributed by atoms with E-state index in [1.165, 1.54) is 0 Å². The lowest BCUT2D eigenvalue weighted by molar-refractivity contribution is -0.117. The predicted octanol–water partition coefficient (Wildman–Crippen LogP) is 2.52. The molecule has 2 amide bonds. The first-order valence-corrected chi connectivity index (χ1v) is 8.23. The molecule has 1 N–H and O–H groups in total. The maximum absolute atomic E-state index is 12.3. The lowest BCUT2D eigenvalue weighted by atomic mass is 10.0. The summed E-state index contributed by atoms with van der Waals surface area (Å²) in [7, 11) is 1.73. The molecule has 0 radical (unpaired) electrons. The zero-order chi connectivity index (χ0) is 18.0. The van der Waals surface area contributed by atoms with Crippen molar-refractivity contribution in [1.29, 1.82) is 0 Å². The molecule has 2 aromatic carbocycles. The number of Topliss-reactive ketones (excluding diaryl/α,β-unsaturated/α-hetero) is 1. The van der Waals surface area contributed by atoms with Crippen LogP contribution in [0.1, 0.15) is 38.3 Å². The number of nitrogens with one attached hydrogen (secondary N) is 1. The minimum Gasteiger partial charge on any atom is -0.352 e. The van der Waals surface area contributed by atoms with Gasteiger partial charge >= 0.3 is 0 Å². The molecule has 1 heterocycles. The Morgan fingerprint density at radius 2 is 1.76 bits per heavy atom. The molecule has 128 valence electrons. The summed E-state index contributed by atoms with van der Waals surface area (Å²) in [4.78, 5) is 37.7. The van der Waals surface area contributed by atoms with E-state index in [1.807, 2.05) is 19.1 Å². The average Bonchev–Trinajstić information content (AvgIpc) is 2.89. The third kappa shape index (κ3) is 3.60. The van der Waals surface area contributed by atoms with Gasteiger partial charge in [-0.1, -0.05) is 17.7 Å². The first-order valence-electron chi connectivity index (χ1n) is 8.23. The fourth-order valence-corrected chi connectivity index (χ4v) is 2.88. The van der Waals surface area contributed by atoms with Crippen LogP contribution in [0, 0.1) is 6.92 Å². The summed E-state index contributed by atoms with van der Waals surface area (Å²) in [5.74, 6) is -0.201. The first kappa shape index (κ1) is 16.9. The minimum atomic E-state index is -0.186. The number of carbonyl (C=O) groups excluding carboxylic acids is 3. The fourth-order valence-electron chi connectivity index (χ4n) is 2.88. The van der Waals surface area contributed by atoms with Crippen molar-refractivity contribution in [2.45, 2.75) is 19.8 Å². The Hall–Kier alpha value is -2.95. The van der Waals surface area contributed by atoms with Crippen molar-refractivity contribution in [3.05, 3.63) is 64.7 Å². The molecule has 5 nitrogen and oxygen atoms in total. The van der Waals surface area contributed by atoms with Gasteiger partial charge in [-0.3, -0.25) is 14.4 Å². The van der Waals surface area contributed by atoms with Gasteiger partial charge in [0.25, 0.3) is 5.91 Å². The maximum atomic E-state index is 12.3. The van der Waals surface area contributed by atoms with Gasteiger partial charge < -0.3 is 10.2 Å². The van der Waals surface area contributed by atoms with Crippen LogP contribution >= 0.6 is 0 Å². The van der Waals surface area contributed by atoms with E-state index in [-0.39, 0.29) is 30.6 Å². The second-order valence-corrected chi connectivity index (χ2v) is 6.27. The van der Waals surface area contributed by atoms with Gasteiger partial charge in [-0.2, -0.15) is 0 Å². The molecule has 0 unspecified atom stereocenters. The number of hydrogen-bond donors (Lipinski definition) is 1. The third-order valence-electron chi connectivity index (χ3n) is 4.43. The van der Waals surface area contributed by atoms with Crippen LogP contribution in [0.4, 0.5) is 5.69 Å². The Kier molecular flexibility index (Phi) is 4.65. The van der Waals surface area contributed by atoms with Crippen LogP contribution in [-0.2, 0) is 11.2 Å². The highest BCUT2D eigenvalue weighted by molar-refractivity contribution is 6.03. The molecule has 1 aliphatic rings. The van der Waals surface area contributed by atoms with E-state index in [4.69, 9.17) is 0 Å². The van der Waals surface area contributed by atoms with Crippen LogP contribution in [-0.4, -0.2) is 31.2 Å². The molecule has 0 saturated heterocycles. The number of benzene rings is 2. The number of amides is 2. The summed E-state index contributed by atoms with van der Waals surface area (Å²) in [5, 5.41) is 2.76. The van der Waals surface area contributed by atoms with Crippen molar-refractivity contribution >= 4 is 23.3 Å². The number of likely N-dealkylation sites (N-methyl/N-ethyl adjacent to an activating group) is 1. The third-order valence-corrected chi connectivity index (χ3v) is 4.43. The van der Waals surface area contributed by atoms with Gasteiger partial charge in [0.1, 0.15) is 0 Å². The normalized spacial score (nSPS) is 12.9. The molecule has 1 aliphatic heterocycles. The highest BCUT2D eigenvalue weighted by atomic mass is 16.2. The smallest absolute Gasteiger partial charge is 0.251 e. The average molecular weight is 336 g/mol. The topological polar surface area (TPSA) is 66.5 Å². The molecule has 0 aromatic heterocycles. The predicted molar refractivity (Wildman–Crippen MR) is 96.0 cm³/mol. The molecular weight excluding hydrogens is 316 g/mol. The van der Waals surface area contributed by atoms with Gasteiger partial charge in [0.2, 0.25) is 5.91 Å². The van der Waals surface area contributed by atoms with Crippen LogP contribution in [0.2, 0.25) is 0 Å². The van der Waals surface area contributed by atoms with E-state index in [0.29, 0.717) is 17.5 Å². The lowest BCUT2D eigenvalue weighted by Crippen LogP contribution is -2.26. The zero-order valence-electron chi connectivity index (χ0n) is 14.3. The SMILES string of the molecule is Cc1ccc(C(=O)NCCC(=O)c2ccc3c(c2)CC(=O)N3C)cc1. The monoisotopic (exact) mass is 336 g/mol. The van der Waals surface area contributed by atoms with Crippen molar-refractivity contribution in [2.24, 2.45) is 0 Å². The van der Waals surface area contributed by atoms with Gasteiger partial charge in [-0.25, -0.2) is 0 Å². The molecule has 0 spiro atoms. The van der Waals surface area contributed by atoms with Crippen LogP contribution in [0.3, 0.4) is 0 Å². The van der Waals surface area contributed by atoms with Crippen LogP contribution in [0.25, 0.3) is 0 Å². The number of rotatable bonds is 5. The minimum absolute atomic E-state index is 0.0324. The number of anilines is 1. The standard InChI is InChI=1S/C20H20N2O3/c1-13-3-5-14(6-4-13)20(25)21-10-9-18(23)15-7-8-17-16(11-15)12-19(24)22(17)2/h3-8,11H,9-10,12H2,1-2H3,(H,21,25). The molecule has 0 fully saturated rings. The van der Waals surface area contributed by atoms with Gasteiger partial charge in [0.15, 0.2) is 5.78 Å². The molecule has 0 atom stereocenters. The van der Waals surface area contributed by atoms with Crippen molar-refractivity contribution in [3.63, 3.8) is 0 Å². The van der Waals surface area contributed by atoms with E-state index in [1.54, 1.807) is 42.3 Å². The summed E-state index contributed by atoms with van der Waals surface area (Å²) in [6.07, 6.45) is 0.553. The van der Waals surface area contributed by atoms with E-state index in [9.17, 15) is 14.4 Å². The summed E-state index contributed by atoms with van der Waals surface area (Å²) in [5.41, 5.74) is 3.98. The molecule has 2 aromatic rings. The summed E-state index contributed by atoms with van der Waals surface area (Å²) in [6.45, 7) is 2.24. The Labute approximate surface area is 146 Å². The number of carbonyl (C=O) groups is 3. The van der Waals surface area contributed by atoms with Crippen molar-refractivity contribution < 1.29 is 14.4 Å². The van der Waals surface area contributed by atoms with Gasteiger partial charge in [0, 0.05) is 36.8 Å². The van der Waals surface area contributed by atoms with E-state index >= 15 is 0 Å². The maximum Gasteiger partial charge on any atom is 0.251 e. The summed E-state index contributed by atoms with van der Waals surface area (Å²) >= 11 is 0. The fraction of sp³-hybridized carbons (Fsp3) is 0.250. The highest BCUT2D eigenvalue weighted by Gasteiger charge is 2.24. The number of aryl methyl sites for hydroxylation is 1. The van der Waals surface area contributed by atoms with Crippen LogP contribution in [0.15, 0.2) is 42.5 Å². The first-order chi connectivity index (χ1) is 12.0. The Morgan fingerprint density at radius 1 is 1.08 bits per heavy atom. The lowest BCUT2D eigenvalue weighted by Gasteiger charge is -2.10. The molecule has 0 bridgehead atoms. The molecule has 25 heavy (non-hydrogen) atoms. The second kappa shape index (κ2) is 6.89. The molecule has 0 aliphatic carbocycles. The van der Waals surface area contributed by atoms with E-state index in [2.05, 4.69) is 5.32 Å². The van der Waals surface area contributed by atoms with E-state index < -0.39 is 0 Å². The van der Waals surface area contributed by atoms with Crippen LogP contribution in [0.5, 0.6) is 0 Å². The number of nitrogens with zero attached hydrogens (tertiary/aromatic N) is 1. The Bertz CT molecular complexity index is 841. The second-order valence-electron chi connectivity index (χ2n) is 6.27. The molecular formula is C20H20N2O3. The number of hydrogen-bond acceptors (Lipinski definition) is 3. The van der Waals surface area contributed by atoms with Crippen molar-refractivity contribution in [2.75, 3.05) is 18.5 Å². The van der Waals surface area contributed by atoms with E-state index in [0.717, 1.165) is 16.8 Å². The van der Waals surface area contributed by atoms with Gasteiger partial charge in [-0.05, 0) is 42.8 Å². The number of ketones is 1. The summed E-state index contributed by atoms with van der Waals surface area (Å²) in [6, 6.07) is 12.6. The molecule has 0 saturated carbocycles. The Morgan fingerprint density at radius 3 is 2.48 bits per heavy atom. The van der Waals surface area contributed by atoms with Crippen LogP contribution < -0.4 is 10.2 Å². The number of fused-ring (bicyclic) bond motifs is 1. The van der Waals surface area contributed by atoms with Crippen molar-refractivity contribution in [1.82, 2.24) is 5.32 Å². The highest BCUT2D eigenvalue weighted by Crippen LogP contribution is 2.28. The largest absolute Gasteiger partial charge is 0.352 e. The quantitative estimate of drug-likeness (QED) is 0.853. The molecule has 3 rings (SSSR count). The van der Waals surface area contributed by atoms with Gasteiger partial charge in [0.05, 0.1) is 6.42 Å². The zero-order valence-corrected chi connectivity index (χ0v) is 14.3. The van der Waals surface area contributed by atoms with Gasteiger partial charge in [-0.15, -0.1) is 0 Å².